The monoisotopic (exact) mass is 445 g/mol. The van der Waals surface area contributed by atoms with Crippen LogP contribution < -0.4 is 11.1 Å². The normalized spacial score (nSPS) is 13.2. The Morgan fingerprint density at radius 2 is 1.84 bits per heavy atom. The van der Waals surface area contributed by atoms with Gasteiger partial charge in [-0.05, 0) is 59.7 Å². The number of hydrogen-bond acceptors (Lipinski definition) is 5. The lowest BCUT2D eigenvalue weighted by Gasteiger charge is -2.16. The van der Waals surface area contributed by atoms with Crippen LogP contribution in [0.1, 0.15) is 45.8 Å². The van der Waals surface area contributed by atoms with Crippen LogP contribution in [0.15, 0.2) is 36.5 Å². The van der Waals surface area contributed by atoms with E-state index in [1.807, 2.05) is 0 Å². The number of ether oxygens (including phenoxy) is 1. The van der Waals surface area contributed by atoms with E-state index in [1.54, 1.807) is 6.07 Å². The highest BCUT2D eigenvalue weighted by molar-refractivity contribution is 5.97. The van der Waals surface area contributed by atoms with Gasteiger partial charge in [0.25, 0.3) is 0 Å². The maximum atomic E-state index is 15.0. The Labute approximate surface area is 181 Å². The Hall–Kier alpha value is -3.62. The van der Waals surface area contributed by atoms with Crippen molar-refractivity contribution in [3.05, 3.63) is 82.1 Å². The molecule has 3 N–H and O–H groups in total. The summed E-state index contributed by atoms with van der Waals surface area (Å²) in [4.78, 5) is 15.9. The van der Waals surface area contributed by atoms with Gasteiger partial charge in [0.2, 0.25) is 0 Å². The van der Waals surface area contributed by atoms with E-state index in [4.69, 9.17) is 5.73 Å². The summed E-state index contributed by atoms with van der Waals surface area (Å²) < 4.78 is 63.4. The molecular weight excluding hydrogens is 426 g/mol. The number of nitrogens with zero attached hydrogens (tertiary/aromatic N) is 1. The molecule has 4 rings (SSSR count). The summed E-state index contributed by atoms with van der Waals surface area (Å²) in [5, 5.41) is 2.47. The molecule has 2 aromatic carbocycles. The van der Waals surface area contributed by atoms with Crippen LogP contribution in [0.4, 0.5) is 34.8 Å². The van der Waals surface area contributed by atoms with Crippen molar-refractivity contribution in [1.29, 1.82) is 0 Å². The third-order valence-electron chi connectivity index (χ3n) is 5.37. The Kier molecular flexibility index (Phi) is 5.73. The summed E-state index contributed by atoms with van der Waals surface area (Å²) in [6.07, 6.45) is 2.79. The van der Waals surface area contributed by atoms with E-state index in [2.05, 4.69) is 15.0 Å². The quantitative estimate of drug-likeness (QED) is 0.402. The van der Waals surface area contributed by atoms with Crippen LogP contribution in [0.25, 0.3) is 0 Å². The van der Waals surface area contributed by atoms with Crippen LogP contribution in [0, 0.1) is 23.3 Å². The molecule has 0 radical (unpaired) electrons. The largest absolute Gasteiger partial charge is 0.465 e. The van der Waals surface area contributed by atoms with Crippen molar-refractivity contribution in [2.45, 2.75) is 25.2 Å². The van der Waals surface area contributed by atoms with E-state index in [9.17, 15) is 18.0 Å². The van der Waals surface area contributed by atoms with Gasteiger partial charge in [-0.3, -0.25) is 0 Å². The summed E-state index contributed by atoms with van der Waals surface area (Å²) in [6, 6.07) is 6.74. The number of rotatable bonds is 6. The Morgan fingerprint density at radius 3 is 2.50 bits per heavy atom. The van der Waals surface area contributed by atoms with Crippen molar-refractivity contribution in [1.82, 2.24) is 4.98 Å². The molecule has 9 heteroatoms. The van der Waals surface area contributed by atoms with Crippen molar-refractivity contribution in [3.63, 3.8) is 0 Å². The number of methoxy groups -OCH3 is 1. The molecule has 166 valence electrons. The molecule has 0 spiro atoms. The minimum Gasteiger partial charge on any atom is -0.465 e. The number of carbonyl (C=O) groups is 1. The molecular formula is C23H19F4N3O2. The molecule has 1 fully saturated rings. The number of benzene rings is 2. The minimum absolute atomic E-state index is 0.0333. The van der Waals surface area contributed by atoms with Crippen molar-refractivity contribution >= 4 is 23.2 Å². The van der Waals surface area contributed by atoms with Gasteiger partial charge in [-0.1, -0.05) is 6.07 Å². The Bertz CT molecular complexity index is 1210. The predicted octanol–water partition coefficient (Wildman–Crippen LogP) is 5.22. The average Bonchev–Trinajstić information content (AvgIpc) is 3.62. The predicted molar refractivity (Wildman–Crippen MR) is 111 cm³/mol. The van der Waals surface area contributed by atoms with Crippen LogP contribution >= 0.6 is 0 Å². The number of aromatic nitrogens is 1. The second-order valence-corrected chi connectivity index (χ2v) is 7.56. The molecule has 0 unspecified atom stereocenters. The van der Waals surface area contributed by atoms with E-state index in [0.29, 0.717) is 5.92 Å². The average molecular weight is 445 g/mol. The Balaban J connectivity index is 1.75. The van der Waals surface area contributed by atoms with Crippen LogP contribution in [-0.4, -0.2) is 18.1 Å². The zero-order chi connectivity index (χ0) is 23.0. The maximum Gasteiger partial charge on any atom is 0.340 e. The highest BCUT2D eigenvalue weighted by Crippen LogP contribution is 2.41. The molecule has 3 aromatic rings. The number of nitrogens with one attached hydrogen (secondary N) is 1. The Morgan fingerprint density at radius 1 is 1.09 bits per heavy atom. The summed E-state index contributed by atoms with van der Waals surface area (Å²) in [5.41, 5.74) is 4.84. The van der Waals surface area contributed by atoms with E-state index >= 15 is 4.39 Å². The van der Waals surface area contributed by atoms with E-state index in [1.165, 1.54) is 24.4 Å². The molecule has 5 nitrogen and oxygen atoms in total. The highest BCUT2D eigenvalue weighted by Gasteiger charge is 2.27. The summed E-state index contributed by atoms with van der Waals surface area (Å²) in [5.74, 6) is -5.33. The first kappa shape index (κ1) is 21.6. The van der Waals surface area contributed by atoms with Crippen molar-refractivity contribution in [3.8, 4) is 0 Å². The summed E-state index contributed by atoms with van der Waals surface area (Å²) in [7, 11) is 1.07. The maximum absolute atomic E-state index is 15.0. The zero-order valence-corrected chi connectivity index (χ0v) is 17.0. The fraction of sp³-hybridized carbons (Fsp3) is 0.217. The second-order valence-electron chi connectivity index (χ2n) is 7.56. The van der Waals surface area contributed by atoms with Gasteiger partial charge in [0.15, 0.2) is 23.3 Å². The van der Waals surface area contributed by atoms with Crippen molar-refractivity contribution in [2.24, 2.45) is 0 Å². The van der Waals surface area contributed by atoms with Crippen LogP contribution in [0.2, 0.25) is 0 Å². The zero-order valence-electron chi connectivity index (χ0n) is 17.0. The number of carbonyl (C=O) groups excluding carboxylic acids is 1. The van der Waals surface area contributed by atoms with E-state index < -0.39 is 41.3 Å². The van der Waals surface area contributed by atoms with E-state index in [0.717, 1.165) is 31.6 Å². The van der Waals surface area contributed by atoms with Crippen LogP contribution in [-0.2, 0) is 11.2 Å². The molecule has 1 aromatic heterocycles. The molecule has 0 atom stereocenters. The van der Waals surface area contributed by atoms with Gasteiger partial charge in [-0.2, -0.15) is 0 Å². The van der Waals surface area contributed by atoms with Gasteiger partial charge >= 0.3 is 5.97 Å². The lowest BCUT2D eigenvalue weighted by atomic mass is 10.00. The van der Waals surface area contributed by atoms with Crippen molar-refractivity contribution in [2.75, 3.05) is 18.2 Å². The van der Waals surface area contributed by atoms with Gasteiger partial charge in [-0.15, -0.1) is 0 Å². The number of esters is 1. The summed E-state index contributed by atoms with van der Waals surface area (Å²) >= 11 is 0. The van der Waals surface area contributed by atoms with Gasteiger partial charge in [0.05, 0.1) is 24.0 Å². The highest BCUT2D eigenvalue weighted by atomic mass is 19.2. The standard InChI is InChI=1S/C23H19F4N3O2/c1-32-23(31)15-9-14(8-13-6-7-29-22(28)19(13)26)18(25)20(27)21(15)30-17-5-4-12(10-16(17)24)11-2-3-11/h4-7,9-11,30H,2-3,8H2,1H3,(H2,28,29). The number of pyridine rings is 1. The third-order valence-corrected chi connectivity index (χ3v) is 5.37. The fourth-order valence-corrected chi connectivity index (χ4v) is 3.48. The molecule has 0 aliphatic heterocycles. The molecule has 1 aliphatic carbocycles. The first-order valence-electron chi connectivity index (χ1n) is 9.84. The minimum atomic E-state index is -1.42. The second kappa shape index (κ2) is 8.49. The number of anilines is 3. The van der Waals surface area contributed by atoms with Crippen molar-refractivity contribution < 1.29 is 27.1 Å². The molecule has 1 saturated carbocycles. The van der Waals surface area contributed by atoms with E-state index in [-0.39, 0.29) is 28.2 Å². The summed E-state index contributed by atoms with van der Waals surface area (Å²) in [6.45, 7) is 0. The fourth-order valence-electron chi connectivity index (χ4n) is 3.48. The number of hydrogen-bond donors (Lipinski definition) is 2. The first-order valence-corrected chi connectivity index (χ1v) is 9.84. The number of nitrogens with two attached hydrogens (primary N) is 1. The molecule has 1 heterocycles. The lowest BCUT2D eigenvalue weighted by Crippen LogP contribution is -2.12. The molecule has 1 aliphatic rings. The third kappa shape index (κ3) is 4.10. The molecule has 0 amide bonds. The molecule has 32 heavy (non-hydrogen) atoms. The van der Waals surface area contributed by atoms with Gasteiger partial charge in [-0.25, -0.2) is 27.3 Å². The molecule has 0 bridgehead atoms. The van der Waals surface area contributed by atoms with Crippen LogP contribution in [0.3, 0.4) is 0 Å². The number of halogens is 4. The van der Waals surface area contributed by atoms with Gasteiger partial charge in [0, 0.05) is 12.6 Å². The topological polar surface area (TPSA) is 77.2 Å². The molecule has 0 saturated heterocycles. The SMILES string of the molecule is COC(=O)c1cc(Cc2ccnc(N)c2F)c(F)c(F)c1Nc1ccc(C2CC2)cc1F. The smallest absolute Gasteiger partial charge is 0.340 e. The van der Waals surface area contributed by atoms with Crippen LogP contribution in [0.5, 0.6) is 0 Å². The van der Waals surface area contributed by atoms with Gasteiger partial charge in [0.1, 0.15) is 5.82 Å². The first-order chi connectivity index (χ1) is 15.3. The number of nitrogen functional groups attached to an aromatic ring is 1. The lowest BCUT2D eigenvalue weighted by molar-refractivity contribution is 0.0601. The van der Waals surface area contributed by atoms with Gasteiger partial charge < -0.3 is 15.8 Å².